The number of aromatic nitrogens is 3. The average Bonchev–Trinajstić information content (AvgIpc) is 2.93. The zero-order valence-corrected chi connectivity index (χ0v) is 9.87. The van der Waals surface area contributed by atoms with E-state index in [0.717, 1.165) is 11.0 Å². The molecule has 1 heterocycles. The van der Waals surface area contributed by atoms with Gasteiger partial charge in [0.15, 0.2) is 0 Å². The van der Waals surface area contributed by atoms with E-state index in [9.17, 15) is 9.59 Å². The molecule has 0 saturated heterocycles. The summed E-state index contributed by atoms with van der Waals surface area (Å²) in [5.74, 6) is -0.276. The molecule has 0 radical (unpaired) electrons. The summed E-state index contributed by atoms with van der Waals surface area (Å²) in [6.07, 6.45) is 1.34. The van der Waals surface area contributed by atoms with Crippen LogP contribution in [0.4, 0.5) is 0 Å². The number of hydrogen-bond donors (Lipinski definition) is 0. The van der Waals surface area contributed by atoms with Gasteiger partial charge >= 0.3 is 0 Å². The highest BCUT2D eigenvalue weighted by Gasteiger charge is 2.32. The second-order valence-corrected chi connectivity index (χ2v) is 4.58. The number of Topliss-reactive ketones (excluding diaryl/α,β-unsaturated/α-hetero) is 2. The highest BCUT2D eigenvalue weighted by Crippen LogP contribution is 2.22. The molecule has 18 heavy (non-hydrogen) atoms. The summed E-state index contributed by atoms with van der Waals surface area (Å²) in [5.41, 5.74) is 1.77. The Morgan fingerprint density at radius 1 is 1.17 bits per heavy atom. The topological polar surface area (TPSA) is 64.8 Å². The number of carbonyl (C=O) groups excluding carboxylic acids is 2. The first-order chi connectivity index (χ1) is 8.75. The van der Waals surface area contributed by atoms with Gasteiger partial charge in [-0.05, 0) is 18.6 Å². The largest absolute Gasteiger partial charge is 0.299 e. The third-order valence-electron chi connectivity index (χ3n) is 3.44. The first kappa shape index (κ1) is 11.1. The molecule has 92 valence electrons. The van der Waals surface area contributed by atoms with Crippen LogP contribution in [0.5, 0.6) is 0 Å². The number of para-hydroxylation sites is 1. The number of fused-ring (bicyclic) bond motifs is 1. The molecule has 1 saturated carbocycles. The molecule has 0 atom stereocenters. The van der Waals surface area contributed by atoms with Crippen molar-refractivity contribution in [1.29, 1.82) is 0 Å². The van der Waals surface area contributed by atoms with Gasteiger partial charge in [0, 0.05) is 19.4 Å². The molecule has 3 rings (SSSR count). The summed E-state index contributed by atoms with van der Waals surface area (Å²) in [5, 5.41) is 8.10. The van der Waals surface area contributed by atoms with Crippen LogP contribution in [0, 0.1) is 5.92 Å². The average molecular weight is 243 g/mol. The van der Waals surface area contributed by atoms with Crippen LogP contribution in [0.25, 0.3) is 11.0 Å². The molecule has 1 aliphatic carbocycles. The molecule has 0 spiro atoms. The van der Waals surface area contributed by atoms with Crippen LogP contribution in [0.1, 0.15) is 19.3 Å². The summed E-state index contributed by atoms with van der Waals surface area (Å²) in [7, 11) is 0. The minimum atomic E-state index is -0.423. The number of carbonyl (C=O) groups is 2. The summed E-state index contributed by atoms with van der Waals surface area (Å²) in [4.78, 5) is 23.1. The van der Waals surface area contributed by atoms with Crippen LogP contribution in [0.2, 0.25) is 0 Å². The summed E-state index contributed by atoms with van der Waals surface area (Å²) < 4.78 is 1.76. The summed E-state index contributed by atoms with van der Waals surface area (Å²) in [6, 6.07) is 7.66. The van der Waals surface area contributed by atoms with Crippen LogP contribution in [-0.2, 0) is 16.1 Å². The van der Waals surface area contributed by atoms with Crippen LogP contribution >= 0.6 is 0 Å². The van der Waals surface area contributed by atoms with E-state index in [0.29, 0.717) is 25.8 Å². The van der Waals surface area contributed by atoms with Gasteiger partial charge in [-0.1, -0.05) is 17.3 Å². The van der Waals surface area contributed by atoms with Gasteiger partial charge < -0.3 is 0 Å². The third kappa shape index (κ3) is 1.81. The molecule has 1 aromatic heterocycles. The number of rotatable bonds is 3. The zero-order valence-electron chi connectivity index (χ0n) is 9.87. The Kier molecular flexibility index (Phi) is 2.66. The molecule has 0 bridgehead atoms. The molecule has 5 nitrogen and oxygen atoms in total. The van der Waals surface area contributed by atoms with Crippen LogP contribution in [0.3, 0.4) is 0 Å². The van der Waals surface area contributed by atoms with Crippen LogP contribution < -0.4 is 0 Å². The van der Waals surface area contributed by atoms with Gasteiger partial charge in [-0.15, -0.1) is 5.10 Å². The van der Waals surface area contributed by atoms with E-state index in [4.69, 9.17) is 0 Å². The van der Waals surface area contributed by atoms with Gasteiger partial charge in [0.25, 0.3) is 0 Å². The Bertz CT molecular complexity index is 601. The van der Waals surface area contributed by atoms with Crippen molar-refractivity contribution in [3.8, 4) is 0 Å². The molecular formula is C13H13N3O2. The fraction of sp³-hybridized carbons (Fsp3) is 0.385. The Morgan fingerprint density at radius 2 is 1.89 bits per heavy atom. The first-order valence-corrected chi connectivity index (χ1v) is 6.09. The lowest BCUT2D eigenvalue weighted by molar-refractivity contribution is -0.127. The fourth-order valence-corrected chi connectivity index (χ4v) is 2.43. The number of hydrogen-bond acceptors (Lipinski definition) is 4. The third-order valence-corrected chi connectivity index (χ3v) is 3.44. The highest BCUT2D eigenvalue weighted by molar-refractivity contribution is 6.08. The molecule has 0 aliphatic heterocycles. The molecule has 2 aromatic rings. The van der Waals surface area contributed by atoms with E-state index in [1.165, 1.54) is 0 Å². The van der Waals surface area contributed by atoms with E-state index in [2.05, 4.69) is 10.3 Å². The van der Waals surface area contributed by atoms with E-state index in [-0.39, 0.29) is 11.6 Å². The molecule has 0 amide bonds. The molecular weight excluding hydrogens is 230 g/mol. The van der Waals surface area contributed by atoms with Gasteiger partial charge in [-0.3, -0.25) is 9.59 Å². The van der Waals surface area contributed by atoms with E-state index in [1.54, 1.807) is 4.68 Å². The molecule has 0 unspecified atom stereocenters. The Morgan fingerprint density at radius 3 is 2.67 bits per heavy atom. The van der Waals surface area contributed by atoms with Crippen molar-refractivity contribution in [2.24, 2.45) is 5.92 Å². The van der Waals surface area contributed by atoms with Crippen molar-refractivity contribution >= 4 is 22.6 Å². The quantitative estimate of drug-likeness (QED) is 0.764. The first-order valence-electron chi connectivity index (χ1n) is 6.09. The number of benzene rings is 1. The van der Waals surface area contributed by atoms with Crippen molar-refractivity contribution in [2.75, 3.05) is 0 Å². The minimum Gasteiger partial charge on any atom is -0.299 e. The second kappa shape index (κ2) is 4.33. The molecule has 5 heteroatoms. The van der Waals surface area contributed by atoms with Crippen molar-refractivity contribution in [3.63, 3.8) is 0 Å². The summed E-state index contributed by atoms with van der Waals surface area (Å²) in [6.45, 7) is 0.558. The normalized spacial score (nSPS) is 16.9. The Balaban J connectivity index is 1.77. The van der Waals surface area contributed by atoms with Gasteiger partial charge in [-0.25, -0.2) is 4.68 Å². The smallest absolute Gasteiger partial charge is 0.143 e. The van der Waals surface area contributed by atoms with Gasteiger partial charge in [0.2, 0.25) is 0 Å². The van der Waals surface area contributed by atoms with Gasteiger partial charge in [0.05, 0.1) is 11.4 Å². The van der Waals surface area contributed by atoms with E-state index < -0.39 is 5.92 Å². The fourth-order valence-electron chi connectivity index (χ4n) is 2.43. The number of ketones is 2. The standard InChI is InChI=1S/C13H13N3O2/c17-12-5-6-13(18)9(12)7-8-16-11-4-2-1-3-10(11)14-15-16/h1-4,9H,5-8H2. The molecule has 1 fully saturated rings. The zero-order chi connectivity index (χ0) is 12.5. The van der Waals surface area contributed by atoms with Crippen LogP contribution in [-0.4, -0.2) is 26.6 Å². The van der Waals surface area contributed by atoms with Crippen molar-refractivity contribution < 1.29 is 9.59 Å². The lowest BCUT2D eigenvalue weighted by Crippen LogP contribution is -2.17. The maximum absolute atomic E-state index is 11.5. The predicted octanol–water partition coefficient (Wildman–Crippen LogP) is 1.37. The van der Waals surface area contributed by atoms with E-state index in [1.807, 2.05) is 24.3 Å². The molecule has 1 aliphatic rings. The lowest BCUT2D eigenvalue weighted by Gasteiger charge is -2.06. The Hall–Kier alpha value is -2.04. The Labute approximate surface area is 104 Å². The van der Waals surface area contributed by atoms with Gasteiger partial charge in [0.1, 0.15) is 17.1 Å². The van der Waals surface area contributed by atoms with Crippen molar-refractivity contribution in [3.05, 3.63) is 24.3 Å². The molecule has 0 N–H and O–H groups in total. The van der Waals surface area contributed by atoms with Crippen molar-refractivity contribution in [2.45, 2.75) is 25.8 Å². The highest BCUT2D eigenvalue weighted by atomic mass is 16.2. The maximum atomic E-state index is 11.5. The number of nitrogens with zero attached hydrogens (tertiary/aromatic N) is 3. The van der Waals surface area contributed by atoms with Crippen LogP contribution in [0.15, 0.2) is 24.3 Å². The lowest BCUT2D eigenvalue weighted by atomic mass is 10.0. The minimum absolute atomic E-state index is 0.0735. The summed E-state index contributed by atoms with van der Waals surface area (Å²) >= 11 is 0. The molecule has 1 aromatic carbocycles. The SMILES string of the molecule is O=C1CCC(=O)C1CCn1nnc2ccccc21. The predicted molar refractivity (Wildman–Crippen MR) is 64.9 cm³/mol. The monoisotopic (exact) mass is 243 g/mol. The second-order valence-electron chi connectivity index (χ2n) is 4.58. The van der Waals surface area contributed by atoms with Crippen molar-refractivity contribution in [1.82, 2.24) is 15.0 Å². The van der Waals surface area contributed by atoms with Gasteiger partial charge in [-0.2, -0.15) is 0 Å². The number of aryl methyl sites for hydroxylation is 1. The van der Waals surface area contributed by atoms with E-state index >= 15 is 0 Å². The maximum Gasteiger partial charge on any atom is 0.143 e.